The van der Waals surface area contributed by atoms with E-state index in [1.54, 1.807) is 34.1 Å². The van der Waals surface area contributed by atoms with Gasteiger partial charge in [0.2, 0.25) is 5.91 Å². The Morgan fingerprint density at radius 2 is 1.74 bits per heavy atom. The summed E-state index contributed by atoms with van der Waals surface area (Å²) >= 11 is 0.797. The molecule has 3 aliphatic heterocycles. The van der Waals surface area contributed by atoms with E-state index in [1.807, 2.05) is 18.2 Å². The molecule has 10 nitrogen and oxygen atoms in total. The van der Waals surface area contributed by atoms with Gasteiger partial charge >= 0.3 is 0 Å². The van der Waals surface area contributed by atoms with Gasteiger partial charge in [0, 0.05) is 26.2 Å². The van der Waals surface area contributed by atoms with Crippen LogP contribution in [0.15, 0.2) is 47.4 Å². The summed E-state index contributed by atoms with van der Waals surface area (Å²) < 4.78 is 16.4. The lowest BCUT2D eigenvalue weighted by Gasteiger charge is -2.29. The number of ether oxygens (including phenoxy) is 3. The second kappa shape index (κ2) is 11.9. The van der Waals surface area contributed by atoms with Crippen molar-refractivity contribution in [3.8, 4) is 11.5 Å². The normalized spacial score (nSPS) is 18.4. The Bertz CT molecular complexity index is 1320. The van der Waals surface area contributed by atoms with Gasteiger partial charge in [0.25, 0.3) is 17.1 Å². The number of rotatable bonds is 7. The molecule has 2 saturated heterocycles. The van der Waals surface area contributed by atoms with Gasteiger partial charge in [-0.25, -0.2) is 0 Å². The van der Waals surface area contributed by atoms with Gasteiger partial charge in [0.05, 0.1) is 25.2 Å². The van der Waals surface area contributed by atoms with Crippen LogP contribution in [0.25, 0.3) is 6.08 Å². The van der Waals surface area contributed by atoms with Crippen molar-refractivity contribution < 1.29 is 33.4 Å². The predicted molar refractivity (Wildman–Crippen MR) is 144 cm³/mol. The van der Waals surface area contributed by atoms with Crippen LogP contribution >= 0.6 is 11.8 Å². The quantitative estimate of drug-likeness (QED) is 0.484. The Morgan fingerprint density at radius 3 is 2.51 bits per heavy atom. The Kier molecular flexibility index (Phi) is 8.18. The molecule has 0 N–H and O–H groups in total. The van der Waals surface area contributed by atoms with E-state index in [1.165, 1.54) is 12.7 Å². The highest BCUT2D eigenvalue weighted by atomic mass is 32.2. The van der Waals surface area contributed by atoms with Crippen molar-refractivity contribution in [1.82, 2.24) is 14.7 Å². The monoisotopic (exact) mass is 551 g/mol. The summed E-state index contributed by atoms with van der Waals surface area (Å²) in [5, 5.41) is -0.481. The first-order chi connectivity index (χ1) is 18.9. The molecule has 0 unspecified atom stereocenters. The summed E-state index contributed by atoms with van der Waals surface area (Å²) in [5.41, 5.74) is 2.91. The van der Waals surface area contributed by atoms with E-state index < -0.39 is 11.1 Å². The van der Waals surface area contributed by atoms with Gasteiger partial charge in [-0.05, 0) is 53.1 Å². The molecule has 2 aromatic rings. The maximum Gasteiger partial charge on any atom is 0.294 e. The average molecular weight is 552 g/mol. The highest BCUT2D eigenvalue weighted by molar-refractivity contribution is 8.18. The van der Waals surface area contributed by atoms with E-state index in [4.69, 9.17) is 14.2 Å². The first-order valence-electron chi connectivity index (χ1n) is 12.7. The van der Waals surface area contributed by atoms with E-state index in [2.05, 4.69) is 6.07 Å². The third kappa shape index (κ3) is 6.10. The van der Waals surface area contributed by atoms with Crippen LogP contribution in [0.4, 0.5) is 4.79 Å². The maximum absolute atomic E-state index is 13.0. The molecule has 0 radical (unpaired) electrons. The zero-order valence-corrected chi connectivity index (χ0v) is 22.4. The summed E-state index contributed by atoms with van der Waals surface area (Å²) in [6, 6.07) is 13.0. The molecule has 0 bridgehead atoms. The van der Waals surface area contributed by atoms with E-state index in [0.29, 0.717) is 56.5 Å². The second-order valence-electron chi connectivity index (χ2n) is 9.29. The van der Waals surface area contributed by atoms with Gasteiger partial charge < -0.3 is 24.0 Å². The largest absolute Gasteiger partial charge is 0.493 e. The fourth-order valence-electron chi connectivity index (χ4n) is 4.67. The Morgan fingerprint density at radius 1 is 0.974 bits per heavy atom. The molecule has 11 heteroatoms. The van der Waals surface area contributed by atoms with Crippen LogP contribution in [0.1, 0.15) is 16.7 Å². The lowest BCUT2D eigenvalue weighted by molar-refractivity contribution is -0.137. The minimum atomic E-state index is -0.508. The van der Waals surface area contributed by atoms with E-state index in [0.717, 1.165) is 28.6 Å². The first kappa shape index (κ1) is 26.8. The molecule has 0 aromatic heterocycles. The number of methoxy groups -OCH3 is 1. The van der Waals surface area contributed by atoms with Gasteiger partial charge in [-0.3, -0.25) is 24.1 Å². The van der Waals surface area contributed by atoms with Crippen LogP contribution in [0.5, 0.6) is 11.5 Å². The van der Waals surface area contributed by atoms with Crippen LogP contribution in [-0.2, 0) is 32.1 Å². The smallest absolute Gasteiger partial charge is 0.294 e. The number of nitrogens with zero attached hydrogens (tertiary/aromatic N) is 3. The van der Waals surface area contributed by atoms with Crippen LogP contribution in [-0.4, -0.2) is 90.8 Å². The molecule has 0 spiro atoms. The van der Waals surface area contributed by atoms with Crippen molar-refractivity contribution in [2.45, 2.75) is 13.0 Å². The molecule has 3 aliphatic rings. The number of fused-ring (bicyclic) bond motifs is 1. The van der Waals surface area contributed by atoms with Crippen molar-refractivity contribution in [1.29, 1.82) is 0 Å². The summed E-state index contributed by atoms with van der Waals surface area (Å²) in [4.78, 5) is 55.6. The number of carbonyl (C=O) groups is 4. The van der Waals surface area contributed by atoms with Crippen molar-refractivity contribution in [3.63, 3.8) is 0 Å². The molecule has 2 fully saturated rings. The fourth-order valence-corrected chi connectivity index (χ4v) is 5.51. The molecule has 0 aliphatic carbocycles. The zero-order valence-electron chi connectivity index (χ0n) is 21.6. The van der Waals surface area contributed by atoms with Crippen LogP contribution in [0.2, 0.25) is 0 Å². The topological polar surface area (TPSA) is 106 Å². The molecule has 4 amide bonds. The number of amides is 4. The molecular weight excluding hydrogens is 522 g/mol. The molecule has 39 heavy (non-hydrogen) atoms. The molecule has 204 valence electrons. The van der Waals surface area contributed by atoms with Crippen LogP contribution < -0.4 is 9.47 Å². The summed E-state index contributed by atoms with van der Waals surface area (Å²) in [5.74, 6) is -0.133. The Hall–Kier alpha value is -3.83. The summed E-state index contributed by atoms with van der Waals surface area (Å²) in [7, 11) is 1.48. The number of carbonyl (C=O) groups excluding carboxylic acids is 4. The molecule has 0 saturated carbocycles. The number of hydrogen-bond acceptors (Lipinski definition) is 8. The standard InChI is InChI=1S/C28H29N3O7S/c1-36-23-14-19(6-7-22(23)38-18-26(33)29-10-12-37-13-11-29)15-24-27(34)31(28(35)39-24)17-25(32)30-9-8-20-4-2-3-5-21(20)16-30/h2-7,14-15H,8-13,16-18H2,1H3/b24-15-. The molecule has 2 aromatic carbocycles. The van der Waals surface area contributed by atoms with Crippen molar-refractivity contribution in [3.05, 3.63) is 64.1 Å². The highest BCUT2D eigenvalue weighted by Crippen LogP contribution is 2.35. The number of hydrogen-bond donors (Lipinski definition) is 0. The Labute approximate surface area is 230 Å². The molecule has 5 rings (SSSR count). The first-order valence-corrected chi connectivity index (χ1v) is 13.5. The minimum absolute atomic E-state index is 0.134. The van der Waals surface area contributed by atoms with Crippen molar-refractivity contribution >= 4 is 40.8 Å². The van der Waals surface area contributed by atoms with Gasteiger partial charge in [0.1, 0.15) is 6.54 Å². The third-order valence-corrected chi connectivity index (χ3v) is 7.76. The fraction of sp³-hybridized carbons (Fsp3) is 0.357. The lowest BCUT2D eigenvalue weighted by Crippen LogP contribution is -2.44. The number of thioether (sulfide) groups is 1. The zero-order chi connectivity index (χ0) is 27.4. The van der Waals surface area contributed by atoms with Gasteiger partial charge in [-0.2, -0.15) is 0 Å². The number of imide groups is 1. The Balaban J connectivity index is 1.21. The van der Waals surface area contributed by atoms with Crippen LogP contribution in [0.3, 0.4) is 0 Å². The summed E-state index contributed by atoms with van der Waals surface area (Å²) in [6.07, 6.45) is 2.32. The number of benzene rings is 2. The van der Waals surface area contributed by atoms with Crippen LogP contribution in [0, 0.1) is 0 Å². The lowest BCUT2D eigenvalue weighted by atomic mass is 10.00. The summed E-state index contributed by atoms with van der Waals surface area (Å²) in [6.45, 7) is 2.67. The van der Waals surface area contributed by atoms with Gasteiger partial charge in [0.15, 0.2) is 18.1 Å². The van der Waals surface area contributed by atoms with E-state index in [9.17, 15) is 19.2 Å². The highest BCUT2D eigenvalue weighted by Gasteiger charge is 2.37. The third-order valence-electron chi connectivity index (χ3n) is 6.85. The average Bonchev–Trinajstić information content (AvgIpc) is 3.23. The van der Waals surface area contributed by atoms with E-state index >= 15 is 0 Å². The molecule has 0 atom stereocenters. The minimum Gasteiger partial charge on any atom is -0.493 e. The molecule has 3 heterocycles. The van der Waals surface area contributed by atoms with Gasteiger partial charge in [-0.1, -0.05) is 30.3 Å². The maximum atomic E-state index is 13.0. The number of morpholine rings is 1. The van der Waals surface area contributed by atoms with Crippen molar-refractivity contribution in [2.24, 2.45) is 0 Å². The SMILES string of the molecule is COc1cc(/C=C2\SC(=O)N(CC(=O)N3CCc4ccccc4C3)C2=O)ccc1OCC(=O)N1CCOCC1. The second-order valence-corrected chi connectivity index (χ2v) is 10.3. The van der Waals surface area contributed by atoms with Crippen molar-refractivity contribution in [2.75, 3.05) is 53.1 Å². The van der Waals surface area contributed by atoms with Gasteiger partial charge in [-0.15, -0.1) is 0 Å². The molecular formula is C28H29N3O7S. The predicted octanol–water partition coefficient (Wildman–Crippen LogP) is 2.55. The van der Waals surface area contributed by atoms with E-state index in [-0.39, 0.29) is 29.9 Å².